The second-order valence-electron chi connectivity index (χ2n) is 5.27. The van der Waals surface area contributed by atoms with Gasteiger partial charge in [-0.1, -0.05) is 60.3 Å². The lowest BCUT2D eigenvalue weighted by atomic mass is 10.1. The average molecular weight is 354 g/mol. The summed E-state index contributed by atoms with van der Waals surface area (Å²) in [5.74, 6) is -0.301. The first kappa shape index (κ1) is 15.9. The van der Waals surface area contributed by atoms with E-state index in [1.165, 1.54) is 0 Å². The second kappa shape index (κ2) is 5.72. The van der Waals surface area contributed by atoms with Crippen molar-refractivity contribution in [3.05, 3.63) is 33.0 Å². The lowest BCUT2D eigenvalue weighted by molar-refractivity contribution is -0.118. The van der Waals surface area contributed by atoms with Crippen molar-refractivity contribution < 1.29 is 4.79 Å². The number of carbonyl (C=O) groups is 1. The van der Waals surface area contributed by atoms with Crippen molar-refractivity contribution in [2.75, 3.05) is 5.32 Å². The minimum Gasteiger partial charge on any atom is -0.326 e. The van der Waals surface area contributed by atoms with E-state index in [4.69, 9.17) is 46.4 Å². The van der Waals surface area contributed by atoms with Crippen molar-refractivity contribution in [1.29, 1.82) is 0 Å². The molecule has 1 heterocycles. The first-order valence-corrected chi connectivity index (χ1v) is 7.40. The number of aromatic nitrogens is 1. The third kappa shape index (κ3) is 3.40. The highest BCUT2D eigenvalue weighted by molar-refractivity contribution is 6.55. The first-order chi connectivity index (χ1) is 9.21. The number of amides is 1. The molecule has 1 aromatic heterocycles. The number of halogens is 4. The van der Waals surface area contributed by atoms with Gasteiger partial charge in [-0.3, -0.25) is 4.79 Å². The summed E-state index contributed by atoms with van der Waals surface area (Å²) in [6, 6.07) is 3.08. The van der Waals surface area contributed by atoms with Crippen molar-refractivity contribution in [1.82, 2.24) is 4.98 Å². The lowest BCUT2D eigenvalue weighted by Crippen LogP contribution is -2.17. The zero-order valence-corrected chi connectivity index (χ0v) is 13.8. The number of hydrogen-bond donors (Lipinski definition) is 1. The van der Waals surface area contributed by atoms with E-state index in [0.717, 1.165) is 0 Å². The Labute approximate surface area is 137 Å². The van der Waals surface area contributed by atoms with Gasteiger partial charge in [0.2, 0.25) is 5.91 Å². The van der Waals surface area contributed by atoms with Crippen LogP contribution in [0.3, 0.4) is 0 Å². The molecule has 0 bridgehead atoms. The molecule has 3 nitrogen and oxygen atoms in total. The van der Waals surface area contributed by atoms with Gasteiger partial charge in [0.25, 0.3) is 0 Å². The number of anilines is 1. The van der Waals surface area contributed by atoms with E-state index in [0.29, 0.717) is 5.69 Å². The smallest absolute Gasteiger partial charge is 0.228 e. The molecule has 0 aliphatic heterocycles. The van der Waals surface area contributed by atoms with E-state index in [1.807, 2.05) is 13.8 Å². The van der Waals surface area contributed by atoms with Crippen LogP contribution < -0.4 is 5.32 Å². The molecule has 0 spiro atoms. The molecule has 1 N–H and O–H groups in total. The van der Waals surface area contributed by atoms with Gasteiger partial charge in [-0.2, -0.15) is 0 Å². The van der Waals surface area contributed by atoms with E-state index in [-0.39, 0.29) is 38.0 Å². The fourth-order valence-corrected chi connectivity index (χ4v) is 3.11. The standard InChI is InChI=1S/C13H12Cl4N2O/c1-13(2)7(5-8(14)15)11(13)12(20)18-6-3-9(16)19-10(17)4-6/h3-5,7,11H,1-2H3,(H,18,19,20)/t7-,11+/m1/s1. The number of nitrogens with zero attached hydrogens (tertiary/aromatic N) is 1. The van der Waals surface area contributed by atoms with E-state index in [2.05, 4.69) is 10.3 Å². The van der Waals surface area contributed by atoms with Crippen LogP contribution in [0.25, 0.3) is 0 Å². The quantitative estimate of drug-likeness (QED) is 0.783. The van der Waals surface area contributed by atoms with Gasteiger partial charge >= 0.3 is 0 Å². The molecule has 20 heavy (non-hydrogen) atoms. The molecule has 7 heteroatoms. The van der Waals surface area contributed by atoms with Crippen molar-refractivity contribution in [3.63, 3.8) is 0 Å². The molecule has 1 amide bonds. The molecule has 1 aliphatic carbocycles. The van der Waals surface area contributed by atoms with Gasteiger partial charge < -0.3 is 5.32 Å². The molecular formula is C13H12Cl4N2O. The number of pyridine rings is 1. The SMILES string of the molecule is CC1(C)[C@H](C=C(Cl)Cl)[C@H]1C(=O)Nc1cc(Cl)nc(Cl)c1. The highest BCUT2D eigenvalue weighted by Crippen LogP contribution is 2.60. The summed E-state index contributed by atoms with van der Waals surface area (Å²) < 4.78 is 0.174. The predicted octanol–water partition coefficient (Wildman–Crippen LogP) is 4.92. The molecule has 0 radical (unpaired) electrons. The molecule has 1 saturated carbocycles. The third-order valence-corrected chi connectivity index (χ3v) is 4.17. The van der Waals surface area contributed by atoms with E-state index in [1.54, 1.807) is 18.2 Å². The Bertz CT molecular complexity index is 561. The van der Waals surface area contributed by atoms with Crippen LogP contribution in [0.2, 0.25) is 10.3 Å². The van der Waals surface area contributed by atoms with E-state index < -0.39 is 0 Å². The van der Waals surface area contributed by atoms with Gasteiger partial charge in [0, 0.05) is 5.69 Å². The monoisotopic (exact) mass is 352 g/mol. The first-order valence-electron chi connectivity index (χ1n) is 5.88. The maximum atomic E-state index is 12.3. The maximum Gasteiger partial charge on any atom is 0.228 e. The summed E-state index contributed by atoms with van der Waals surface area (Å²) in [4.78, 5) is 16.1. The maximum absolute atomic E-state index is 12.3. The van der Waals surface area contributed by atoms with Gasteiger partial charge in [-0.15, -0.1) is 0 Å². The predicted molar refractivity (Wildman–Crippen MR) is 83.4 cm³/mol. The summed E-state index contributed by atoms with van der Waals surface area (Å²) in [6.45, 7) is 3.98. The number of rotatable bonds is 3. The van der Waals surface area contributed by atoms with Crippen LogP contribution in [-0.2, 0) is 4.79 Å². The fourth-order valence-electron chi connectivity index (χ4n) is 2.38. The zero-order valence-electron chi connectivity index (χ0n) is 10.8. The van der Waals surface area contributed by atoms with Gasteiger partial charge in [-0.05, 0) is 29.5 Å². The van der Waals surface area contributed by atoms with Gasteiger partial charge in [0.05, 0.1) is 5.92 Å². The molecule has 1 aliphatic rings. The van der Waals surface area contributed by atoms with E-state index >= 15 is 0 Å². The number of carbonyl (C=O) groups excluding carboxylic acids is 1. The number of allylic oxidation sites excluding steroid dienone is 1. The lowest BCUT2D eigenvalue weighted by Gasteiger charge is -2.06. The molecule has 0 aromatic carbocycles. The highest BCUT2D eigenvalue weighted by atomic mass is 35.5. The van der Waals surface area contributed by atoms with Crippen molar-refractivity contribution in [2.24, 2.45) is 17.3 Å². The highest BCUT2D eigenvalue weighted by Gasteiger charge is 2.60. The minimum atomic E-state index is -0.194. The Hall–Kier alpha value is -0.480. The normalized spacial score (nSPS) is 23.1. The van der Waals surface area contributed by atoms with Crippen LogP contribution >= 0.6 is 46.4 Å². The minimum absolute atomic E-state index is 0.0141. The average Bonchev–Trinajstić information content (AvgIpc) is 2.77. The Morgan fingerprint density at radius 3 is 2.35 bits per heavy atom. The summed E-state index contributed by atoms with van der Waals surface area (Å²) in [5, 5.41) is 3.23. The molecule has 0 unspecified atom stereocenters. The molecule has 2 atom stereocenters. The fraction of sp³-hybridized carbons (Fsp3) is 0.385. The van der Waals surface area contributed by atoms with Crippen LogP contribution in [0.1, 0.15) is 13.8 Å². The zero-order chi connectivity index (χ0) is 15.1. The summed E-state index contributed by atoms with van der Waals surface area (Å²) in [6.07, 6.45) is 1.69. The second-order valence-corrected chi connectivity index (χ2v) is 7.05. The largest absolute Gasteiger partial charge is 0.326 e. The summed E-state index contributed by atoms with van der Waals surface area (Å²) in [7, 11) is 0. The summed E-state index contributed by atoms with van der Waals surface area (Å²) in [5.41, 5.74) is 0.335. The topological polar surface area (TPSA) is 42.0 Å². The van der Waals surface area contributed by atoms with Crippen LogP contribution in [0, 0.1) is 17.3 Å². The van der Waals surface area contributed by atoms with Crippen LogP contribution in [0.15, 0.2) is 22.7 Å². The summed E-state index contributed by atoms with van der Waals surface area (Å²) >= 11 is 22.9. The molecule has 108 valence electrons. The number of nitrogens with one attached hydrogen (secondary N) is 1. The third-order valence-electron chi connectivity index (χ3n) is 3.53. The number of hydrogen-bond acceptors (Lipinski definition) is 2. The molecule has 2 rings (SSSR count). The Morgan fingerprint density at radius 1 is 1.30 bits per heavy atom. The van der Waals surface area contributed by atoms with Crippen molar-refractivity contribution >= 4 is 58.0 Å². The molecule has 0 saturated heterocycles. The van der Waals surface area contributed by atoms with Crippen LogP contribution in [-0.4, -0.2) is 10.9 Å². The van der Waals surface area contributed by atoms with Gasteiger partial charge in [0.1, 0.15) is 14.8 Å². The molecule has 1 aromatic rings. The van der Waals surface area contributed by atoms with E-state index in [9.17, 15) is 4.79 Å². The molecular weight excluding hydrogens is 342 g/mol. The Balaban J connectivity index is 2.12. The van der Waals surface area contributed by atoms with Gasteiger partial charge in [0.15, 0.2) is 0 Å². The van der Waals surface area contributed by atoms with Crippen LogP contribution in [0.5, 0.6) is 0 Å². The van der Waals surface area contributed by atoms with Crippen molar-refractivity contribution in [2.45, 2.75) is 13.8 Å². The van der Waals surface area contributed by atoms with Crippen molar-refractivity contribution in [3.8, 4) is 0 Å². The Kier molecular flexibility index (Phi) is 4.55. The van der Waals surface area contributed by atoms with Gasteiger partial charge in [-0.25, -0.2) is 4.98 Å². The molecule has 1 fully saturated rings. The Morgan fingerprint density at radius 2 is 1.85 bits per heavy atom. The van der Waals surface area contributed by atoms with Crippen LogP contribution in [0.4, 0.5) is 5.69 Å².